The molecule has 1 amide bonds. The third-order valence-electron chi connectivity index (χ3n) is 3.17. The average Bonchev–Trinajstić information content (AvgIpc) is 3.01. The molecule has 19 heavy (non-hydrogen) atoms. The molecule has 2 rings (SSSR count). The van der Waals surface area contributed by atoms with Crippen molar-refractivity contribution in [3.05, 3.63) is 35.9 Å². The minimum Gasteiger partial charge on any atom is -0.445 e. The summed E-state index contributed by atoms with van der Waals surface area (Å²) in [7, 11) is 0. The van der Waals surface area contributed by atoms with Gasteiger partial charge in [-0.05, 0) is 30.7 Å². The first-order valence-corrected chi connectivity index (χ1v) is 7.16. The molecule has 0 aromatic heterocycles. The summed E-state index contributed by atoms with van der Waals surface area (Å²) >= 11 is 11.8. The van der Waals surface area contributed by atoms with E-state index in [9.17, 15) is 4.79 Å². The number of nitrogens with one attached hydrogen (secondary N) is 1. The lowest BCUT2D eigenvalue weighted by Gasteiger charge is -2.07. The zero-order valence-electron chi connectivity index (χ0n) is 10.6. The molecule has 1 aliphatic rings. The standard InChI is InChI=1S/C14H17Cl2NO2/c15-14(16)9-12(14)7-4-8-17-13(18)19-10-11-5-2-1-3-6-11/h1-3,5-6,12H,4,7-10H2,(H,17,18). The number of benzene rings is 1. The van der Waals surface area contributed by atoms with Crippen LogP contribution in [0.4, 0.5) is 4.79 Å². The fraction of sp³-hybridized carbons (Fsp3) is 0.500. The summed E-state index contributed by atoms with van der Waals surface area (Å²) in [4.78, 5) is 11.4. The van der Waals surface area contributed by atoms with Gasteiger partial charge in [0.25, 0.3) is 0 Å². The van der Waals surface area contributed by atoms with Crippen molar-refractivity contribution in [1.29, 1.82) is 0 Å². The first-order chi connectivity index (χ1) is 9.08. The molecule has 0 aliphatic heterocycles. The maximum Gasteiger partial charge on any atom is 0.407 e. The number of halogens is 2. The van der Waals surface area contributed by atoms with Crippen molar-refractivity contribution >= 4 is 29.3 Å². The van der Waals surface area contributed by atoms with Gasteiger partial charge in [-0.1, -0.05) is 30.3 Å². The molecule has 3 nitrogen and oxygen atoms in total. The number of alkyl carbamates (subject to hydrolysis) is 1. The van der Waals surface area contributed by atoms with Crippen molar-refractivity contribution in [3.8, 4) is 0 Å². The van der Waals surface area contributed by atoms with E-state index >= 15 is 0 Å². The van der Waals surface area contributed by atoms with Crippen molar-refractivity contribution < 1.29 is 9.53 Å². The van der Waals surface area contributed by atoms with Crippen molar-refractivity contribution in [3.63, 3.8) is 0 Å². The summed E-state index contributed by atoms with van der Waals surface area (Å²) in [6.45, 7) is 0.885. The molecule has 0 spiro atoms. The van der Waals surface area contributed by atoms with Gasteiger partial charge in [0.2, 0.25) is 0 Å². The molecule has 0 radical (unpaired) electrons. The third-order valence-corrected chi connectivity index (χ3v) is 4.09. The van der Waals surface area contributed by atoms with Crippen molar-refractivity contribution in [2.75, 3.05) is 6.54 Å². The van der Waals surface area contributed by atoms with Crippen LogP contribution < -0.4 is 5.32 Å². The van der Waals surface area contributed by atoms with E-state index < -0.39 is 4.33 Å². The largest absolute Gasteiger partial charge is 0.445 e. The van der Waals surface area contributed by atoms with Gasteiger partial charge in [0.05, 0.1) is 0 Å². The Morgan fingerprint density at radius 1 is 1.37 bits per heavy atom. The first-order valence-electron chi connectivity index (χ1n) is 6.40. The minimum absolute atomic E-state index is 0.293. The summed E-state index contributed by atoms with van der Waals surface area (Å²) < 4.78 is 4.57. The van der Waals surface area contributed by atoms with E-state index in [0.29, 0.717) is 19.1 Å². The van der Waals surface area contributed by atoms with Crippen molar-refractivity contribution in [2.24, 2.45) is 5.92 Å². The predicted octanol–water partition coefficient (Wildman–Crippen LogP) is 3.89. The molecule has 0 saturated heterocycles. The van der Waals surface area contributed by atoms with Crippen LogP contribution in [0.25, 0.3) is 0 Å². The van der Waals surface area contributed by atoms with Gasteiger partial charge in [0, 0.05) is 6.54 Å². The molecule has 0 bridgehead atoms. The lowest BCUT2D eigenvalue weighted by atomic mass is 10.2. The highest BCUT2D eigenvalue weighted by Crippen LogP contribution is 2.55. The second-order valence-corrected chi connectivity index (χ2v) is 6.34. The Morgan fingerprint density at radius 2 is 2.05 bits per heavy atom. The number of alkyl halides is 2. The fourth-order valence-electron chi connectivity index (χ4n) is 1.90. The molecule has 1 aromatic carbocycles. The van der Waals surface area contributed by atoms with Crippen LogP contribution in [0.2, 0.25) is 0 Å². The van der Waals surface area contributed by atoms with Crippen LogP contribution in [0.1, 0.15) is 24.8 Å². The van der Waals surface area contributed by atoms with Crippen LogP contribution in [-0.2, 0) is 11.3 Å². The second-order valence-electron chi connectivity index (χ2n) is 4.79. The molecule has 1 N–H and O–H groups in total. The van der Waals surface area contributed by atoms with Crippen LogP contribution >= 0.6 is 23.2 Å². The summed E-state index contributed by atoms with van der Waals surface area (Å²) in [5.74, 6) is 0.373. The smallest absolute Gasteiger partial charge is 0.407 e. The van der Waals surface area contributed by atoms with E-state index in [2.05, 4.69) is 5.32 Å². The molecule has 1 unspecified atom stereocenters. The monoisotopic (exact) mass is 301 g/mol. The number of carbonyl (C=O) groups is 1. The third kappa shape index (κ3) is 4.92. The molecule has 1 aliphatic carbocycles. The summed E-state index contributed by atoms with van der Waals surface area (Å²) in [5, 5.41) is 2.72. The van der Waals surface area contributed by atoms with E-state index in [1.54, 1.807) is 0 Å². The summed E-state index contributed by atoms with van der Waals surface area (Å²) in [5.41, 5.74) is 0.977. The topological polar surface area (TPSA) is 38.3 Å². The molecular formula is C14H17Cl2NO2. The molecule has 1 fully saturated rings. The van der Waals surface area contributed by atoms with Gasteiger partial charge in [0.1, 0.15) is 10.9 Å². The Balaban J connectivity index is 1.53. The zero-order chi connectivity index (χ0) is 13.7. The van der Waals surface area contributed by atoms with Crippen LogP contribution in [0.3, 0.4) is 0 Å². The van der Waals surface area contributed by atoms with Crippen molar-refractivity contribution in [1.82, 2.24) is 5.32 Å². The van der Waals surface area contributed by atoms with Gasteiger partial charge in [-0.15, -0.1) is 23.2 Å². The number of carbonyl (C=O) groups excluding carboxylic acids is 1. The van der Waals surface area contributed by atoms with E-state index in [1.807, 2.05) is 30.3 Å². The number of ether oxygens (including phenoxy) is 1. The zero-order valence-corrected chi connectivity index (χ0v) is 12.1. The number of hydrogen-bond donors (Lipinski definition) is 1. The molecule has 1 atom stereocenters. The van der Waals surface area contributed by atoms with Crippen LogP contribution in [0.5, 0.6) is 0 Å². The van der Waals surface area contributed by atoms with Crippen molar-refractivity contribution in [2.45, 2.75) is 30.2 Å². The molecule has 0 heterocycles. The molecule has 104 valence electrons. The van der Waals surface area contributed by atoms with Gasteiger partial charge in [-0.3, -0.25) is 0 Å². The lowest BCUT2D eigenvalue weighted by molar-refractivity contribution is 0.139. The quantitative estimate of drug-likeness (QED) is 0.639. The highest BCUT2D eigenvalue weighted by molar-refractivity contribution is 6.50. The SMILES string of the molecule is O=C(NCCCC1CC1(Cl)Cl)OCc1ccccc1. The van der Waals surface area contributed by atoms with Crippen LogP contribution in [0.15, 0.2) is 30.3 Å². The fourth-order valence-corrected chi connectivity index (χ4v) is 2.49. The maximum atomic E-state index is 11.4. The lowest BCUT2D eigenvalue weighted by Crippen LogP contribution is -2.25. The Morgan fingerprint density at radius 3 is 2.68 bits per heavy atom. The number of amides is 1. The maximum absolute atomic E-state index is 11.4. The molecular weight excluding hydrogens is 285 g/mol. The highest BCUT2D eigenvalue weighted by atomic mass is 35.5. The minimum atomic E-state index is -0.520. The van der Waals surface area contributed by atoms with E-state index in [4.69, 9.17) is 27.9 Å². The summed E-state index contributed by atoms with van der Waals surface area (Å²) in [6.07, 6.45) is 2.27. The Hall–Kier alpha value is -0.930. The van der Waals surface area contributed by atoms with Gasteiger partial charge < -0.3 is 10.1 Å². The Bertz CT molecular complexity index is 423. The van der Waals surface area contributed by atoms with Crippen LogP contribution in [-0.4, -0.2) is 17.0 Å². The van der Waals surface area contributed by atoms with Crippen LogP contribution in [0, 0.1) is 5.92 Å². The van der Waals surface area contributed by atoms with E-state index in [-0.39, 0.29) is 6.09 Å². The molecule has 1 saturated carbocycles. The normalized spacial score (nSPS) is 19.8. The summed E-state index contributed by atoms with van der Waals surface area (Å²) in [6, 6.07) is 9.59. The Kier molecular flexibility index (Phi) is 4.94. The van der Waals surface area contributed by atoms with E-state index in [1.165, 1.54) is 0 Å². The first kappa shape index (κ1) is 14.5. The number of rotatable bonds is 6. The predicted molar refractivity (Wildman–Crippen MR) is 76.4 cm³/mol. The van der Waals surface area contributed by atoms with Gasteiger partial charge in [-0.25, -0.2) is 4.79 Å². The molecule has 1 aromatic rings. The van der Waals surface area contributed by atoms with E-state index in [0.717, 1.165) is 24.8 Å². The number of hydrogen-bond acceptors (Lipinski definition) is 2. The Labute approximate surface area is 123 Å². The van der Waals surface area contributed by atoms with Gasteiger partial charge in [-0.2, -0.15) is 0 Å². The highest BCUT2D eigenvalue weighted by Gasteiger charge is 2.50. The van der Waals surface area contributed by atoms with Gasteiger partial charge >= 0.3 is 6.09 Å². The second kappa shape index (κ2) is 6.49. The molecule has 5 heteroatoms. The van der Waals surface area contributed by atoms with Gasteiger partial charge in [0.15, 0.2) is 0 Å². The average molecular weight is 302 g/mol.